The van der Waals surface area contributed by atoms with Crippen LogP contribution in [0, 0.1) is 10.1 Å². The normalized spacial score (nSPS) is 10.5. The van der Waals surface area contributed by atoms with Crippen LogP contribution in [0.5, 0.6) is 17.2 Å². The Labute approximate surface area is 180 Å². The minimum atomic E-state index is -0.428. The van der Waals surface area contributed by atoms with Gasteiger partial charge in [-0.25, -0.2) is 0 Å². The lowest BCUT2D eigenvalue weighted by Gasteiger charge is -2.16. The zero-order valence-electron chi connectivity index (χ0n) is 16.0. The number of benzene rings is 2. The first-order valence-corrected chi connectivity index (χ1v) is 8.03. The predicted molar refractivity (Wildman–Crippen MR) is 118 cm³/mol. The summed E-state index contributed by atoms with van der Waals surface area (Å²) in [6.07, 6.45) is 0. The molecule has 0 aliphatic heterocycles. The van der Waals surface area contributed by atoms with E-state index in [0.29, 0.717) is 35.4 Å². The highest BCUT2D eigenvalue weighted by atomic mass is 127. The molecule has 0 radical (unpaired) electrons. The Balaban J connectivity index is 0.00000392. The van der Waals surface area contributed by atoms with Gasteiger partial charge in [-0.3, -0.25) is 15.1 Å². The molecule has 0 amide bonds. The Morgan fingerprint density at radius 2 is 1.64 bits per heavy atom. The summed E-state index contributed by atoms with van der Waals surface area (Å²) in [4.78, 5) is 14.5. The van der Waals surface area contributed by atoms with E-state index < -0.39 is 4.92 Å². The fraction of sp³-hybridized carbons (Fsp3) is 0.278. The Bertz CT molecular complexity index is 802. The molecule has 0 aliphatic carbocycles. The maximum absolute atomic E-state index is 10.7. The number of halogens is 1. The van der Waals surface area contributed by atoms with Gasteiger partial charge in [0.2, 0.25) is 5.75 Å². The number of anilines is 1. The third-order valence-electron chi connectivity index (χ3n) is 3.76. The molecule has 0 spiro atoms. The molecule has 2 N–H and O–H groups in total. The molecule has 0 bridgehead atoms. The molecule has 9 nitrogen and oxygen atoms in total. The van der Waals surface area contributed by atoms with Gasteiger partial charge in [0.25, 0.3) is 5.69 Å². The summed E-state index contributed by atoms with van der Waals surface area (Å²) in [5.41, 5.74) is 1.63. The summed E-state index contributed by atoms with van der Waals surface area (Å²) in [7, 11) is 6.27. The summed E-state index contributed by atoms with van der Waals surface area (Å²) in [5, 5.41) is 17.0. The monoisotopic (exact) mass is 502 g/mol. The quantitative estimate of drug-likeness (QED) is 0.197. The maximum atomic E-state index is 10.7. The highest BCUT2D eigenvalue weighted by Crippen LogP contribution is 2.39. The lowest BCUT2D eigenvalue weighted by molar-refractivity contribution is -0.384. The number of rotatable bonds is 7. The van der Waals surface area contributed by atoms with Crippen LogP contribution < -0.4 is 24.8 Å². The number of aliphatic imine (C=N–C) groups is 1. The molecule has 0 unspecified atom stereocenters. The average Bonchev–Trinajstić information content (AvgIpc) is 2.70. The van der Waals surface area contributed by atoms with Gasteiger partial charge >= 0.3 is 0 Å². The van der Waals surface area contributed by atoms with Gasteiger partial charge in [0.1, 0.15) is 0 Å². The Hall–Kier alpha value is -2.76. The number of nitrogens with zero attached hydrogens (tertiary/aromatic N) is 2. The van der Waals surface area contributed by atoms with Gasteiger partial charge in [0, 0.05) is 43.5 Å². The molecular formula is C18H23IN4O5. The number of guanidine groups is 1. The minimum Gasteiger partial charge on any atom is -0.493 e. The van der Waals surface area contributed by atoms with Crippen LogP contribution in [-0.4, -0.2) is 39.3 Å². The molecule has 2 aromatic carbocycles. The van der Waals surface area contributed by atoms with Crippen molar-refractivity contribution in [2.24, 2.45) is 4.99 Å². The van der Waals surface area contributed by atoms with Gasteiger partial charge in [-0.2, -0.15) is 0 Å². The Kier molecular flexibility index (Phi) is 9.28. The fourth-order valence-corrected chi connectivity index (χ4v) is 2.39. The third-order valence-corrected chi connectivity index (χ3v) is 3.76. The van der Waals surface area contributed by atoms with E-state index in [2.05, 4.69) is 15.6 Å². The van der Waals surface area contributed by atoms with Gasteiger partial charge < -0.3 is 24.8 Å². The van der Waals surface area contributed by atoms with Gasteiger partial charge in [-0.05, 0) is 5.56 Å². The molecule has 0 saturated heterocycles. The van der Waals surface area contributed by atoms with Crippen LogP contribution in [0.1, 0.15) is 5.56 Å². The summed E-state index contributed by atoms with van der Waals surface area (Å²) < 4.78 is 16.0. The molecule has 2 rings (SSSR count). The van der Waals surface area contributed by atoms with Gasteiger partial charge in [0.15, 0.2) is 17.5 Å². The standard InChI is InChI=1S/C18H22N4O5.HI/c1-19-18(20-11-12-5-7-14(8-6-12)22(23)24)21-13-9-15(25-2)17(27-4)16(10-13)26-3;/h5-10H,11H2,1-4H3,(H2,19,20,21);1H. The SMILES string of the molecule is CN=C(NCc1ccc([N+](=O)[O-])cc1)Nc1cc(OC)c(OC)c(OC)c1.I. The highest BCUT2D eigenvalue weighted by molar-refractivity contribution is 14.0. The van der Waals surface area contributed by atoms with E-state index in [4.69, 9.17) is 14.2 Å². The van der Waals surface area contributed by atoms with Crippen molar-refractivity contribution in [3.8, 4) is 17.2 Å². The van der Waals surface area contributed by atoms with Crippen LogP contribution in [-0.2, 0) is 6.54 Å². The van der Waals surface area contributed by atoms with E-state index in [9.17, 15) is 10.1 Å². The Morgan fingerprint density at radius 3 is 2.07 bits per heavy atom. The van der Waals surface area contributed by atoms with E-state index in [1.807, 2.05) is 0 Å². The van der Waals surface area contributed by atoms with Crippen molar-refractivity contribution in [3.05, 3.63) is 52.1 Å². The first kappa shape index (κ1) is 23.3. The fourth-order valence-electron chi connectivity index (χ4n) is 2.39. The number of nitro groups is 1. The van der Waals surface area contributed by atoms with Crippen molar-refractivity contribution in [3.63, 3.8) is 0 Å². The van der Waals surface area contributed by atoms with Crippen molar-refractivity contribution in [2.75, 3.05) is 33.7 Å². The molecule has 0 aliphatic rings. The lowest BCUT2D eigenvalue weighted by Crippen LogP contribution is -2.30. The van der Waals surface area contributed by atoms with E-state index in [1.165, 1.54) is 19.2 Å². The topological polar surface area (TPSA) is 107 Å². The van der Waals surface area contributed by atoms with Crippen LogP contribution in [0.3, 0.4) is 0 Å². The highest BCUT2D eigenvalue weighted by Gasteiger charge is 2.14. The lowest BCUT2D eigenvalue weighted by atomic mass is 10.2. The number of non-ortho nitro benzene ring substituents is 1. The van der Waals surface area contributed by atoms with E-state index in [0.717, 1.165) is 5.56 Å². The van der Waals surface area contributed by atoms with Gasteiger partial charge in [0.05, 0.1) is 26.3 Å². The third kappa shape index (κ3) is 5.87. The summed E-state index contributed by atoms with van der Waals surface area (Å²) >= 11 is 0. The number of nitrogens with one attached hydrogen (secondary N) is 2. The zero-order chi connectivity index (χ0) is 19.8. The molecule has 28 heavy (non-hydrogen) atoms. The molecule has 10 heteroatoms. The molecule has 0 saturated carbocycles. The van der Waals surface area contributed by atoms with Crippen LogP contribution in [0.15, 0.2) is 41.4 Å². The molecule has 0 heterocycles. The molecule has 0 atom stereocenters. The number of nitro benzene ring substituents is 1. The van der Waals surface area contributed by atoms with Gasteiger partial charge in [-0.1, -0.05) is 12.1 Å². The average molecular weight is 502 g/mol. The van der Waals surface area contributed by atoms with Gasteiger partial charge in [-0.15, -0.1) is 24.0 Å². The largest absolute Gasteiger partial charge is 0.493 e. The van der Waals surface area contributed by atoms with Crippen molar-refractivity contribution in [1.82, 2.24) is 5.32 Å². The number of hydrogen-bond acceptors (Lipinski definition) is 6. The van der Waals surface area contributed by atoms with Crippen molar-refractivity contribution in [2.45, 2.75) is 6.54 Å². The van der Waals surface area contributed by atoms with E-state index in [1.54, 1.807) is 45.5 Å². The number of hydrogen-bond donors (Lipinski definition) is 2. The first-order valence-electron chi connectivity index (χ1n) is 8.03. The number of ether oxygens (including phenoxy) is 3. The van der Waals surface area contributed by atoms with Crippen LogP contribution >= 0.6 is 24.0 Å². The number of methoxy groups -OCH3 is 3. The van der Waals surface area contributed by atoms with E-state index >= 15 is 0 Å². The van der Waals surface area contributed by atoms with E-state index in [-0.39, 0.29) is 29.7 Å². The first-order chi connectivity index (χ1) is 13.0. The molecule has 152 valence electrons. The molecule has 2 aromatic rings. The second-order valence-electron chi connectivity index (χ2n) is 5.39. The summed E-state index contributed by atoms with van der Waals surface area (Å²) in [6, 6.07) is 9.84. The second-order valence-corrected chi connectivity index (χ2v) is 5.39. The van der Waals surface area contributed by atoms with Crippen molar-refractivity contribution < 1.29 is 19.1 Å². The summed E-state index contributed by atoms with van der Waals surface area (Å²) in [6.45, 7) is 0.447. The summed E-state index contributed by atoms with van der Waals surface area (Å²) in [5.74, 6) is 2.05. The minimum absolute atomic E-state index is 0. The van der Waals surface area contributed by atoms with Crippen molar-refractivity contribution in [1.29, 1.82) is 0 Å². The smallest absolute Gasteiger partial charge is 0.269 e. The predicted octanol–water partition coefficient (Wildman–Crippen LogP) is 3.43. The molecular weight excluding hydrogens is 479 g/mol. The Morgan fingerprint density at radius 1 is 1.07 bits per heavy atom. The van der Waals surface area contributed by atoms with Crippen LogP contribution in [0.25, 0.3) is 0 Å². The van der Waals surface area contributed by atoms with Crippen LogP contribution in [0.4, 0.5) is 11.4 Å². The van der Waals surface area contributed by atoms with Crippen LogP contribution in [0.2, 0.25) is 0 Å². The second kappa shape index (κ2) is 11.2. The zero-order valence-corrected chi connectivity index (χ0v) is 18.3. The van der Waals surface area contributed by atoms with Crippen molar-refractivity contribution >= 4 is 41.3 Å². The molecule has 0 fully saturated rings. The molecule has 0 aromatic heterocycles. The maximum Gasteiger partial charge on any atom is 0.269 e.